The molecule has 2 rings (SSSR count). The van der Waals surface area contributed by atoms with Crippen molar-refractivity contribution in [2.75, 3.05) is 6.61 Å². The zero-order valence-corrected chi connectivity index (χ0v) is 9.56. The number of esters is 1. The van der Waals surface area contributed by atoms with Gasteiger partial charge in [-0.25, -0.2) is 4.79 Å². The SMILES string of the molecule is CCOC(=O)c1cc2cc(O)c(O)cc2oc1=N. The van der Waals surface area contributed by atoms with Gasteiger partial charge in [-0.05, 0) is 19.1 Å². The van der Waals surface area contributed by atoms with Crippen LogP contribution in [0.5, 0.6) is 11.5 Å². The Balaban J connectivity index is 2.65. The van der Waals surface area contributed by atoms with E-state index in [0.29, 0.717) is 5.39 Å². The van der Waals surface area contributed by atoms with Gasteiger partial charge in [-0.1, -0.05) is 0 Å². The van der Waals surface area contributed by atoms with Crippen molar-refractivity contribution in [2.24, 2.45) is 0 Å². The largest absolute Gasteiger partial charge is 0.504 e. The zero-order valence-electron chi connectivity index (χ0n) is 9.56. The van der Waals surface area contributed by atoms with Crippen LogP contribution in [0.3, 0.4) is 0 Å². The minimum atomic E-state index is -0.666. The van der Waals surface area contributed by atoms with E-state index in [1.807, 2.05) is 0 Å². The quantitative estimate of drug-likeness (QED) is 0.552. The van der Waals surface area contributed by atoms with Gasteiger partial charge < -0.3 is 19.4 Å². The minimum Gasteiger partial charge on any atom is -0.504 e. The molecule has 0 spiro atoms. The molecule has 1 aromatic heterocycles. The van der Waals surface area contributed by atoms with Gasteiger partial charge in [0.25, 0.3) is 0 Å². The first kappa shape index (κ1) is 12.0. The molecule has 1 heterocycles. The number of hydrogen-bond acceptors (Lipinski definition) is 6. The van der Waals surface area contributed by atoms with E-state index in [-0.39, 0.29) is 34.8 Å². The van der Waals surface area contributed by atoms with E-state index in [2.05, 4.69) is 0 Å². The van der Waals surface area contributed by atoms with Crippen molar-refractivity contribution in [1.82, 2.24) is 0 Å². The lowest BCUT2D eigenvalue weighted by Crippen LogP contribution is -2.16. The number of hydrogen-bond donors (Lipinski definition) is 3. The summed E-state index contributed by atoms with van der Waals surface area (Å²) in [6.07, 6.45) is 0. The lowest BCUT2D eigenvalue weighted by molar-refractivity contribution is 0.0521. The first-order valence-corrected chi connectivity index (χ1v) is 5.24. The standard InChI is InChI=1S/C12H11NO5/c1-2-17-12(16)7-3-6-4-8(14)9(15)5-10(6)18-11(7)13/h3-5,13-15H,2H2,1H3. The number of rotatable bonds is 2. The highest BCUT2D eigenvalue weighted by Crippen LogP contribution is 2.29. The summed E-state index contributed by atoms with van der Waals surface area (Å²) in [7, 11) is 0. The van der Waals surface area contributed by atoms with Crippen LogP contribution in [0.15, 0.2) is 22.6 Å². The average molecular weight is 249 g/mol. The summed E-state index contributed by atoms with van der Waals surface area (Å²) in [4.78, 5) is 11.5. The second-order valence-electron chi connectivity index (χ2n) is 3.59. The van der Waals surface area contributed by atoms with Crippen LogP contribution in [0.4, 0.5) is 0 Å². The third-order valence-corrected chi connectivity index (χ3v) is 2.36. The maximum Gasteiger partial charge on any atom is 0.343 e. The summed E-state index contributed by atoms with van der Waals surface area (Å²) in [5.74, 6) is -1.35. The molecule has 3 N–H and O–H groups in total. The number of aromatic hydroxyl groups is 2. The number of nitrogens with one attached hydrogen (secondary N) is 1. The van der Waals surface area contributed by atoms with Crippen LogP contribution in [0, 0.1) is 5.41 Å². The second-order valence-corrected chi connectivity index (χ2v) is 3.59. The maximum atomic E-state index is 11.5. The molecule has 0 bridgehead atoms. The maximum absolute atomic E-state index is 11.5. The van der Waals surface area contributed by atoms with Gasteiger partial charge in [0.15, 0.2) is 11.5 Å². The molecule has 0 unspecified atom stereocenters. The molecular weight excluding hydrogens is 238 g/mol. The Bertz CT molecular complexity index is 674. The molecule has 6 nitrogen and oxygen atoms in total. The van der Waals surface area contributed by atoms with E-state index in [1.54, 1.807) is 6.92 Å². The number of carbonyl (C=O) groups excluding carboxylic acids is 1. The van der Waals surface area contributed by atoms with Crippen LogP contribution in [0.1, 0.15) is 17.3 Å². The summed E-state index contributed by atoms with van der Waals surface area (Å²) in [6.45, 7) is 1.85. The van der Waals surface area contributed by atoms with Crippen LogP contribution < -0.4 is 5.55 Å². The van der Waals surface area contributed by atoms with Gasteiger partial charge in [0, 0.05) is 11.5 Å². The lowest BCUT2D eigenvalue weighted by atomic mass is 10.1. The highest BCUT2D eigenvalue weighted by atomic mass is 16.5. The molecule has 0 saturated carbocycles. The molecule has 0 aliphatic rings. The Kier molecular flexibility index (Phi) is 2.93. The predicted octanol–water partition coefficient (Wildman–Crippen LogP) is 1.50. The predicted molar refractivity (Wildman–Crippen MR) is 61.4 cm³/mol. The molecule has 0 radical (unpaired) electrons. The smallest absolute Gasteiger partial charge is 0.343 e. The number of fused-ring (bicyclic) bond motifs is 1. The Morgan fingerprint density at radius 1 is 1.33 bits per heavy atom. The van der Waals surface area contributed by atoms with E-state index in [0.717, 1.165) is 0 Å². The van der Waals surface area contributed by atoms with Crippen molar-refractivity contribution < 1.29 is 24.2 Å². The van der Waals surface area contributed by atoms with Crippen molar-refractivity contribution in [3.05, 3.63) is 29.3 Å². The summed E-state index contributed by atoms with van der Waals surface area (Å²) in [6, 6.07) is 3.80. The van der Waals surface area contributed by atoms with E-state index < -0.39 is 5.97 Å². The molecule has 0 aliphatic heterocycles. The fourth-order valence-corrected chi connectivity index (χ4v) is 1.52. The number of benzene rings is 1. The van der Waals surface area contributed by atoms with E-state index in [4.69, 9.17) is 14.6 Å². The molecule has 0 atom stereocenters. The van der Waals surface area contributed by atoms with Crippen molar-refractivity contribution in [2.45, 2.75) is 6.92 Å². The van der Waals surface area contributed by atoms with Crippen molar-refractivity contribution in [1.29, 1.82) is 5.41 Å². The first-order chi connectivity index (χ1) is 8.52. The molecule has 2 aromatic rings. The number of phenolic OH excluding ortho intramolecular Hbond substituents is 2. The van der Waals surface area contributed by atoms with Gasteiger partial charge in [-0.3, -0.25) is 5.41 Å². The highest BCUT2D eigenvalue weighted by molar-refractivity contribution is 5.93. The van der Waals surface area contributed by atoms with Crippen molar-refractivity contribution in [3.63, 3.8) is 0 Å². The van der Waals surface area contributed by atoms with Crippen LogP contribution in [0.2, 0.25) is 0 Å². The van der Waals surface area contributed by atoms with Crippen LogP contribution in [0.25, 0.3) is 11.0 Å². The normalized spacial score (nSPS) is 10.5. The Hall–Kier alpha value is -2.50. The second kappa shape index (κ2) is 4.40. The van der Waals surface area contributed by atoms with Gasteiger partial charge in [-0.2, -0.15) is 0 Å². The molecular formula is C12H11NO5. The molecule has 1 aromatic carbocycles. The fraction of sp³-hybridized carbons (Fsp3) is 0.167. The van der Waals surface area contributed by atoms with Gasteiger partial charge >= 0.3 is 5.97 Å². The molecule has 18 heavy (non-hydrogen) atoms. The molecule has 0 aliphatic carbocycles. The van der Waals surface area contributed by atoms with Gasteiger partial charge in [0.2, 0.25) is 5.55 Å². The first-order valence-electron chi connectivity index (χ1n) is 5.24. The summed E-state index contributed by atoms with van der Waals surface area (Å²) >= 11 is 0. The van der Waals surface area contributed by atoms with Gasteiger partial charge in [0.1, 0.15) is 11.1 Å². The van der Waals surface area contributed by atoms with Crippen molar-refractivity contribution >= 4 is 16.9 Å². The third-order valence-electron chi connectivity index (χ3n) is 2.36. The van der Waals surface area contributed by atoms with Gasteiger partial charge in [0.05, 0.1) is 6.61 Å². The summed E-state index contributed by atoms with van der Waals surface area (Å²) in [5, 5.41) is 26.6. The Morgan fingerprint density at radius 2 is 2.00 bits per heavy atom. The molecule has 0 fully saturated rings. The summed E-state index contributed by atoms with van der Waals surface area (Å²) < 4.78 is 9.87. The zero-order chi connectivity index (χ0) is 13.3. The number of carbonyl (C=O) groups is 1. The monoisotopic (exact) mass is 249 g/mol. The van der Waals surface area contributed by atoms with Crippen LogP contribution in [-0.4, -0.2) is 22.8 Å². The average Bonchev–Trinajstić information content (AvgIpc) is 2.31. The van der Waals surface area contributed by atoms with E-state index in [9.17, 15) is 15.0 Å². The highest BCUT2D eigenvalue weighted by Gasteiger charge is 2.13. The Morgan fingerprint density at radius 3 is 2.67 bits per heavy atom. The molecule has 0 saturated heterocycles. The van der Waals surface area contributed by atoms with Crippen molar-refractivity contribution in [3.8, 4) is 11.5 Å². The molecule has 0 amide bonds. The lowest BCUT2D eigenvalue weighted by Gasteiger charge is -2.04. The van der Waals surface area contributed by atoms with E-state index in [1.165, 1.54) is 18.2 Å². The fourth-order valence-electron chi connectivity index (χ4n) is 1.52. The third kappa shape index (κ3) is 2.00. The Labute approximate surface area is 102 Å². The topological polar surface area (TPSA) is 104 Å². The van der Waals surface area contributed by atoms with Crippen LogP contribution in [-0.2, 0) is 4.74 Å². The number of phenols is 2. The molecule has 94 valence electrons. The van der Waals surface area contributed by atoms with Crippen LogP contribution >= 0.6 is 0 Å². The number of ether oxygens (including phenoxy) is 1. The molecule has 6 heteroatoms. The van der Waals surface area contributed by atoms with E-state index >= 15 is 0 Å². The minimum absolute atomic E-state index is 0.0329. The summed E-state index contributed by atoms with van der Waals surface area (Å²) in [5.41, 5.74) is -0.191. The van der Waals surface area contributed by atoms with Gasteiger partial charge in [-0.15, -0.1) is 0 Å².